The molecule has 0 fully saturated rings. The van der Waals surface area contributed by atoms with Gasteiger partial charge in [-0.1, -0.05) is 30.3 Å². The fourth-order valence-corrected chi connectivity index (χ4v) is 2.97. The van der Waals surface area contributed by atoms with E-state index in [9.17, 15) is 4.79 Å². The van der Waals surface area contributed by atoms with Crippen LogP contribution in [0.15, 0.2) is 53.6 Å². The summed E-state index contributed by atoms with van der Waals surface area (Å²) in [6.07, 6.45) is 1.57. The Bertz CT molecular complexity index is 1130. The lowest BCUT2D eigenvalue weighted by atomic mass is 10.1. The van der Waals surface area contributed by atoms with Gasteiger partial charge in [0.15, 0.2) is 0 Å². The van der Waals surface area contributed by atoms with Crippen molar-refractivity contribution < 1.29 is 0 Å². The first kappa shape index (κ1) is 14.5. The molecule has 0 radical (unpaired) electrons. The van der Waals surface area contributed by atoms with Gasteiger partial charge in [0.05, 0.1) is 29.3 Å². The van der Waals surface area contributed by atoms with Crippen LogP contribution in [0.4, 0.5) is 0 Å². The van der Waals surface area contributed by atoms with Crippen LogP contribution >= 0.6 is 0 Å². The summed E-state index contributed by atoms with van der Waals surface area (Å²) in [5.41, 5.74) is 3.47. The fraction of sp³-hybridized carbons (Fsp3) is 0.158. The Morgan fingerprint density at radius 1 is 0.958 bits per heavy atom. The monoisotopic (exact) mass is 316 g/mol. The van der Waals surface area contributed by atoms with Gasteiger partial charge in [-0.15, -0.1) is 0 Å². The van der Waals surface area contributed by atoms with Crippen LogP contribution in [-0.2, 0) is 6.54 Å². The predicted octanol–water partition coefficient (Wildman–Crippen LogP) is 3.00. The van der Waals surface area contributed by atoms with Crippen LogP contribution in [0.25, 0.3) is 21.8 Å². The maximum Gasteiger partial charge on any atom is 0.261 e. The van der Waals surface area contributed by atoms with Crippen molar-refractivity contribution in [1.29, 1.82) is 0 Å². The highest BCUT2D eigenvalue weighted by Crippen LogP contribution is 2.15. The van der Waals surface area contributed by atoms with Crippen molar-refractivity contribution >= 4 is 21.8 Å². The van der Waals surface area contributed by atoms with Crippen LogP contribution in [0.1, 0.15) is 17.1 Å². The molecule has 0 N–H and O–H groups in total. The molecule has 0 atom stereocenters. The first-order valence-corrected chi connectivity index (χ1v) is 7.80. The number of aryl methyl sites for hydroxylation is 2. The summed E-state index contributed by atoms with van der Waals surface area (Å²) in [4.78, 5) is 26.2. The number of fused-ring (bicyclic) bond motifs is 2. The van der Waals surface area contributed by atoms with Crippen LogP contribution in [0.5, 0.6) is 0 Å². The number of hydrogen-bond acceptors (Lipinski definition) is 4. The van der Waals surface area contributed by atoms with Crippen molar-refractivity contribution in [3.63, 3.8) is 0 Å². The maximum absolute atomic E-state index is 12.7. The Morgan fingerprint density at radius 3 is 2.62 bits per heavy atom. The Morgan fingerprint density at radius 2 is 1.75 bits per heavy atom. The van der Waals surface area contributed by atoms with Crippen LogP contribution in [0, 0.1) is 13.8 Å². The van der Waals surface area contributed by atoms with E-state index in [1.54, 1.807) is 17.0 Å². The zero-order chi connectivity index (χ0) is 16.7. The number of nitrogens with zero attached hydrogens (tertiary/aromatic N) is 4. The molecule has 5 nitrogen and oxygen atoms in total. The molecule has 2 aromatic heterocycles. The molecule has 0 aliphatic carbocycles. The molecule has 0 spiro atoms. The highest BCUT2D eigenvalue weighted by atomic mass is 16.1. The molecular formula is C19H16N4O. The summed E-state index contributed by atoms with van der Waals surface area (Å²) in [5, 5.41) is 1.65. The molecule has 4 rings (SSSR count). The third-order valence-electron chi connectivity index (χ3n) is 4.21. The lowest BCUT2D eigenvalue weighted by Crippen LogP contribution is -2.22. The van der Waals surface area contributed by atoms with Crippen molar-refractivity contribution in [1.82, 2.24) is 19.5 Å². The van der Waals surface area contributed by atoms with E-state index in [4.69, 9.17) is 0 Å². The molecule has 0 saturated heterocycles. The molecule has 0 saturated carbocycles. The molecule has 24 heavy (non-hydrogen) atoms. The number of aromatic nitrogens is 4. The van der Waals surface area contributed by atoms with Crippen molar-refractivity contribution in [2.45, 2.75) is 20.4 Å². The highest BCUT2D eigenvalue weighted by molar-refractivity contribution is 5.81. The minimum absolute atomic E-state index is 0.0712. The van der Waals surface area contributed by atoms with Crippen molar-refractivity contribution in [3.05, 3.63) is 76.2 Å². The van der Waals surface area contributed by atoms with Gasteiger partial charge in [0, 0.05) is 11.1 Å². The lowest BCUT2D eigenvalue weighted by Gasteiger charge is -2.09. The number of para-hydroxylation sites is 2. The second-order valence-corrected chi connectivity index (χ2v) is 5.89. The van der Waals surface area contributed by atoms with Gasteiger partial charge in [-0.05, 0) is 31.5 Å². The summed E-state index contributed by atoms with van der Waals surface area (Å²) in [6, 6.07) is 13.5. The number of rotatable bonds is 2. The third kappa shape index (κ3) is 2.34. The van der Waals surface area contributed by atoms with E-state index < -0.39 is 0 Å². The molecule has 2 heterocycles. The van der Waals surface area contributed by atoms with Crippen LogP contribution in [0.3, 0.4) is 0 Å². The van der Waals surface area contributed by atoms with Crippen LogP contribution < -0.4 is 5.56 Å². The molecule has 118 valence electrons. The quantitative estimate of drug-likeness (QED) is 0.570. The van der Waals surface area contributed by atoms with E-state index in [-0.39, 0.29) is 5.56 Å². The van der Waals surface area contributed by atoms with Crippen LogP contribution in [-0.4, -0.2) is 19.5 Å². The molecule has 0 aliphatic rings. The Labute approximate surface area is 138 Å². The van der Waals surface area contributed by atoms with E-state index in [1.807, 2.05) is 50.2 Å². The molecule has 4 aromatic rings. The average Bonchev–Trinajstić information content (AvgIpc) is 2.58. The van der Waals surface area contributed by atoms with Gasteiger partial charge in [0.1, 0.15) is 5.82 Å². The minimum atomic E-state index is -0.0712. The molecular weight excluding hydrogens is 300 g/mol. The van der Waals surface area contributed by atoms with E-state index in [2.05, 4.69) is 15.0 Å². The van der Waals surface area contributed by atoms with Gasteiger partial charge in [0.25, 0.3) is 5.56 Å². The summed E-state index contributed by atoms with van der Waals surface area (Å²) >= 11 is 0. The highest BCUT2D eigenvalue weighted by Gasteiger charge is 2.09. The Balaban J connectivity index is 1.82. The van der Waals surface area contributed by atoms with Gasteiger partial charge in [-0.2, -0.15) is 0 Å². The van der Waals surface area contributed by atoms with Gasteiger partial charge < -0.3 is 0 Å². The first-order chi connectivity index (χ1) is 11.6. The topological polar surface area (TPSA) is 60.7 Å². The van der Waals surface area contributed by atoms with Crippen molar-refractivity contribution in [2.24, 2.45) is 0 Å². The Hall–Kier alpha value is -3.08. The summed E-state index contributed by atoms with van der Waals surface area (Å²) in [6.45, 7) is 4.22. The standard InChI is InChI=1S/C19H16N4O/c1-12-6-5-8-15-18(12)20-11-23(19(15)24)10-17-21-13(2)14-7-3-4-9-16(14)22-17/h3-9,11H,10H2,1-2H3. The molecule has 5 heteroatoms. The first-order valence-electron chi connectivity index (χ1n) is 7.80. The maximum atomic E-state index is 12.7. The smallest absolute Gasteiger partial charge is 0.261 e. The Kier molecular flexibility index (Phi) is 3.34. The average molecular weight is 316 g/mol. The minimum Gasteiger partial charge on any atom is -0.291 e. The van der Waals surface area contributed by atoms with Crippen molar-refractivity contribution in [2.75, 3.05) is 0 Å². The SMILES string of the molecule is Cc1nc(Cn2cnc3c(C)cccc3c2=O)nc2ccccc12. The zero-order valence-electron chi connectivity index (χ0n) is 13.5. The number of benzene rings is 2. The summed E-state index contributed by atoms with van der Waals surface area (Å²) in [7, 11) is 0. The second-order valence-electron chi connectivity index (χ2n) is 5.89. The summed E-state index contributed by atoms with van der Waals surface area (Å²) < 4.78 is 1.56. The molecule has 0 unspecified atom stereocenters. The number of hydrogen-bond donors (Lipinski definition) is 0. The van der Waals surface area contributed by atoms with E-state index in [0.717, 1.165) is 27.7 Å². The zero-order valence-corrected chi connectivity index (χ0v) is 13.5. The largest absolute Gasteiger partial charge is 0.291 e. The molecule has 0 amide bonds. The third-order valence-corrected chi connectivity index (χ3v) is 4.21. The molecule has 2 aromatic carbocycles. The predicted molar refractivity (Wildman–Crippen MR) is 94.1 cm³/mol. The molecule has 0 bridgehead atoms. The molecule has 0 aliphatic heterocycles. The van der Waals surface area contributed by atoms with E-state index in [0.29, 0.717) is 17.8 Å². The van der Waals surface area contributed by atoms with Crippen LogP contribution in [0.2, 0.25) is 0 Å². The second kappa shape index (κ2) is 5.53. The van der Waals surface area contributed by atoms with Gasteiger partial charge in [-0.25, -0.2) is 15.0 Å². The van der Waals surface area contributed by atoms with E-state index in [1.165, 1.54) is 0 Å². The van der Waals surface area contributed by atoms with Crippen molar-refractivity contribution in [3.8, 4) is 0 Å². The summed E-state index contributed by atoms with van der Waals surface area (Å²) in [5.74, 6) is 0.613. The fourth-order valence-electron chi connectivity index (χ4n) is 2.97. The normalized spacial score (nSPS) is 11.2. The van der Waals surface area contributed by atoms with Gasteiger partial charge in [-0.3, -0.25) is 9.36 Å². The van der Waals surface area contributed by atoms with Gasteiger partial charge in [0.2, 0.25) is 0 Å². The lowest BCUT2D eigenvalue weighted by molar-refractivity contribution is 0.707. The van der Waals surface area contributed by atoms with E-state index >= 15 is 0 Å². The van der Waals surface area contributed by atoms with Gasteiger partial charge >= 0.3 is 0 Å².